The average molecular weight is 639 g/mol. The lowest BCUT2D eigenvalue weighted by Gasteiger charge is -2.32. The molecule has 2 aromatic carbocycles. The predicted octanol–water partition coefficient (Wildman–Crippen LogP) is 2.95. The number of hydrogen-bond acceptors (Lipinski definition) is 10. The molecule has 2 amide bonds. The number of imide groups is 1. The van der Waals surface area contributed by atoms with Gasteiger partial charge in [0.1, 0.15) is 0 Å². The van der Waals surface area contributed by atoms with Gasteiger partial charge in [0.05, 0.1) is 16.6 Å². The minimum Gasteiger partial charge on any atom is -0.330 e. The van der Waals surface area contributed by atoms with Gasteiger partial charge in [-0.25, -0.2) is 13.3 Å². The molecule has 232 valence electrons. The van der Waals surface area contributed by atoms with Crippen molar-refractivity contribution in [3.63, 3.8) is 0 Å². The van der Waals surface area contributed by atoms with E-state index in [-0.39, 0.29) is 35.5 Å². The molecule has 14 heteroatoms. The van der Waals surface area contributed by atoms with Crippen LogP contribution in [-0.4, -0.2) is 64.7 Å². The van der Waals surface area contributed by atoms with Crippen LogP contribution in [0.1, 0.15) is 31.2 Å². The number of anilines is 1. The molecule has 1 aliphatic carbocycles. The lowest BCUT2D eigenvalue weighted by atomic mass is 9.81. The summed E-state index contributed by atoms with van der Waals surface area (Å²) in [5.41, 5.74) is 15.6. The molecule has 4 aromatic rings. The normalized spacial score (nSPS) is 17.3. The second kappa shape index (κ2) is 14.2. The van der Waals surface area contributed by atoms with E-state index in [0.717, 1.165) is 30.2 Å². The standard InChI is InChI=1S/C30H34N8O4S.ClH/c1-43(41,42)26-15-24(17-33-18-26)21-6-2-19(3-7-21)14-27(32)30(40)38(29(39)23-8-4-20(16-31)5-9-23)25-12-10-22(11-13-25)28-34-36-37-35-28;/h2-3,6-7,10-13,15,17-18,20,23,27H,4-5,8-9,14,16,31-32H2,1H3,(H,34,35,36,37);1H/t20?,23?,27-;/m0./s1. The molecular weight excluding hydrogens is 604 g/mol. The van der Waals surface area contributed by atoms with Gasteiger partial charge in [-0.15, -0.1) is 22.6 Å². The first-order valence-electron chi connectivity index (χ1n) is 14.1. The van der Waals surface area contributed by atoms with Crippen LogP contribution in [-0.2, 0) is 25.8 Å². The Morgan fingerprint density at radius 2 is 1.64 bits per heavy atom. The number of carbonyl (C=O) groups is 2. The quantitative estimate of drug-likeness (QED) is 0.246. The zero-order valence-electron chi connectivity index (χ0n) is 24.2. The maximum Gasteiger partial charge on any atom is 0.251 e. The van der Waals surface area contributed by atoms with Crippen molar-refractivity contribution < 1.29 is 18.0 Å². The molecule has 12 nitrogen and oxygen atoms in total. The van der Waals surface area contributed by atoms with Crippen molar-refractivity contribution in [3.05, 3.63) is 72.6 Å². The van der Waals surface area contributed by atoms with Crippen molar-refractivity contribution in [3.8, 4) is 22.5 Å². The van der Waals surface area contributed by atoms with E-state index in [4.69, 9.17) is 11.5 Å². The molecule has 5 N–H and O–H groups in total. The molecule has 0 saturated heterocycles. The SMILES string of the molecule is CS(=O)(=O)c1cncc(-c2ccc(C[C@H](N)C(=O)N(C(=O)C3CCC(CN)CC3)c3ccc(-c4nn[nH]n4)cc3)cc2)c1.Cl. The molecule has 1 fully saturated rings. The third kappa shape index (κ3) is 7.53. The number of nitrogens with one attached hydrogen (secondary N) is 1. The number of benzene rings is 2. The molecule has 0 aliphatic heterocycles. The zero-order valence-corrected chi connectivity index (χ0v) is 25.8. The van der Waals surface area contributed by atoms with Crippen LogP contribution in [0.2, 0.25) is 0 Å². The maximum atomic E-state index is 13.8. The molecule has 0 bridgehead atoms. The number of hydrogen-bond donors (Lipinski definition) is 3. The second-order valence-electron chi connectivity index (χ2n) is 10.9. The Hall–Kier alpha value is -4.04. The summed E-state index contributed by atoms with van der Waals surface area (Å²) in [7, 11) is -3.40. The van der Waals surface area contributed by atoms with Crippen LogP contribution in [0.4, 0.5) is 5.69 Å². The molecule has 1 atom stereocenters. The fourth-order valence-electron chi connectivity index (χ4n) is 5.35. The Balaban J connectivity index is 0.00000442. The molecule has 44 heavy (non-hydrogen) atoms. The zero-order chi connectivity index (χ0) is 30.6. The first kappa shape index (κ1) is 32.9. The van der Waals surface area contributed by atoms with Crippen molar-refractivity contribution in [2.24, 2.45) is 23.3 Å². The molecule has 0 spiro atoms. The molecule has 0 radical (unpaired) electrons. The van der Waals surface area contributed by atoms with Crippen LogP contribution in [0.3, 0.4) is 0 Å². The van der Waals surface area contributed by atoms with Gasteiger partial charge < -0.3 is 11.5 Å². The van der Waals surface area contributed by atoms with Crippen LogP contribution in [0.25, 0.3) is 22.5 Å². The van der Waals surface area contributed by atoms with Gasteiger partial charge in [0.25, 0.3) is 5.91 Å². The van der Waals surface area contributed by atoms with Crippen molar-refractivity contribution in [2.45, 2.75) is 43.0 Å². The Kier molecular flexibility index (Phi) is 10.6. The minimum atomic E-state index is -3.40. The molecule has 2 aromatic heterocycles. The number of aromatic amines is 1. The third-order valence-electron chi connectivity index (χ3n) is 7.90. The van der Waals surface area contributed by atoms with Gasteiger partial charge in [0.2, 0.25) is 11.7 Å². The highest BCUT2D eigenvalue weighted by molar-refractivity contribution is 7.90. The highest BCUT2D eigenvalue weighted by Gasteiger charge is 2.35. The Labute approximate surface area is 262 Å². The van der Waals surface area contributed by atoms with Gasteiger partial charge in [0, 0.05) is 35.7 Å². The number of H-pyrrole nitrogens is 1. The van der Waals surface area contributed by atoms with Crippen molar-refractivity contribution in [2.75, 3.05) is 17.7 Å². The first-order valence-corrected chi connectivity index (χ1v) is 15.9. The lowest BCUT2D eigenvalue weighted by molar-refractivity contribution is -0.130. The van der Waals surface area contributed by atoms with Gasteiger partial charge in [-0.3, -0.25) is 14.6 Å². The molecule has 0 unspecified atom stereocenters. The molecule has 1 saturated carbocycles. The van der Waals surface area contributed by atoms with Crippen molar-refractivity contribution in [1.29, 1.82) is 0 Å². The summed E-state index contributed by atoms with van der Waals surface area (Å²) in [5.74, 6) is -0.275. The monoisotopic (exact) mass is 638 g/mol. The number of halogens is 1. The summed E-state index contributed by atoms with van der Waals surface area (Å²) in [6.45, 7) is 0.588. The Morgan fingerprint density at radius 1 is 0.977 bits per heavy atom. The fourth-order valence-corrected chi connectivity index (χ4v) is 5.95. The molecule has 1 aliphatic rings. The highest BCUT2D eigenvalue weighted by atomic mass is 35.5. The Bertz CT molecular complexity index is 1670. The molecular formula is C30H35ClN8O4S. The van der Waals surface area contributed by atoms with Gasteiger partial charge in [-0.05, 0) is 91.2 Å². The van der Waals surface area contributed by atoms with E-state index in [9.17, 15) is 18.0 Å². The smallest absolute Gasteiger partial charge is 0.251 e. The summed E-state index contributed by atoms with van der Waals surface area (Å²) in [4.78, 5) is 33.1. The van der Waals surface area contributed by atoms with Gasteiger partial charge in [-0.1, -0.05) is 24.3 Å². The Morgan fingerprint density at radius 3 is 2.23 bits per heavy atom. The number of sulfone groups is 1. The van der Waals surface area contributed by atoms with Crippen LogP contribution in [0.5, 0.6) is 0 Å². The molecule has 5 rings (SSSR count). The summed E-state index contributed by atoms with van der Waals surface area (Å²) in [6, 6.07) is 14.7. The van der Waals surface area contributed by atoms with E-state index >= 15 is 0 Å². The number of pyridine rings is 1. The number of aromatic nitrogens is 5. The number of rotatable bonds is 9. The summed E-state index contributed by atoms with van der Waals surface area (Å²) < 4.78 is 23.9. The fraction of sp³-hybridized carbons (Fsp3) is 0.333. The number of tetrazole rings is 1. The van der Waals surface area contributed by atoms with E-state index in [2.05, 4.69) is 25.6 Å². The van der Waals surface area contributed by atoms with Gasteiger partial charge in [0.15, 0.2) is 9.84 Å². The topological polar surface area (TPSA) is 191 Å². The number of nitrogens with zero attached hydrogens (tertiary/aromatic N) is 5. The highest BCUT2D eigenvalue weighted by Crippen LogP contribution is 2.32. The predicted molar refractivity (Wildman–Crippen MR) is 168 cm³/mol. The second-order valence-corrected chi connectivity index (χ2v) is 13.0. The van der Waals surface area contributed by atoms with E-state index in [1.54, 1.807) is 36.5 Å². The number of carbonyl (C=O) groups excluding carboxylic acids is 2. The van der Waals surface area contributed by atoms with Gasteiger partial charge >= 0.3 is 0 Å². The van der Waals surface area contributed by atoms with Crippen LogP contribution < -0.4 is 16.4 Å². The summed E-state index contributed by atoms with van der Waals surface area (Å²) in [5, 5.41) is 13.9. The van der Waals surface area contributed by atoms with Crippen LogP contribution >= 0.6 is 12.4 Å². The van der Waals surface area contributed by atoms with E-state index < -0.39 is 21.8 Å². The van der Waals surface area contributed by atoms with Crippen molar-refractivity contribution in [1.82, 2.24) is 25.6 Å². The minimum absolute atomic E-state index is 0. The average Bonchev–Trinajstić information content (AvgIpc) is 3.57. The lowest BCUT2D eigenvalue weighted by Crippen LogP contribution is -2.50. The summed E-state index contributed by atoms with van der Waals surface area (Å²) in [6.07, 6.45) is 7.25. The van der Waals surface area contributed by atoms with E-state index in [1.165, 1.54) is 11.1 Å². The van der Waals surface area contributed by atoms with Crippen LogP contribution in [0.15, 0.2) is 71.9 Å². The third-order valence-corrected chi connectivity index (χ3v) is 8.98. The van der Waals surface area contributed by atoms with Gasteiger partial charge in [-0.2, -0.15) is 5.21 Å². The number of nitrogens with two attached hydrogens (primary N) is 2. The van der Waals surface area contributed by atoms with E-state index in [1.807, 2.05) is 24.3 Å². The first-order chi connectivity index (χ1) is 20.6. The van der Waals surface area contributed by atoms with E-state index in [0.29, 0.717) is 47.9 Å². The van der Waals surface area contributed by atoms with Crippen LogP contribution in [0, 0.1) is 11.8 Å². The largest absolute Gasteiger partial charge is 0.330 e. The maximum absolute atomic E-state index is 13.8. The number of amides is 2. The molecule has 2 heterocycles. The van der Waals surface area contributed by atoms with Crippen molar-refractivity contribution >= 4 is 39.7 Å². The summed E-state index contributed by atoms with van der Waals surface area (Å²) >= 11 is 0.